The van der Waals surface area contributed by atoms with Crippen LogP contribution in [-0.4, -0.2) is 29.0 Å². The fourth-order valence-corrected chi connectivity index (χ4v) is 3.08. The van der Waals surface area contributed by atoms with Crippen molar-refractivity contribution in [2.45, 2.75) is 46.2 Å². The number of nitro benzene ring substituents is 1. The number of nitrogens with one attached hydrogen (secondary N) is 1. The Morgan fingerprint density at radius 2 is 2.19 bits per heavy atom. The normalized spacial score (nSPS) is 22.4. The van der Waals surface area contributed by atoms with E-state index in [1.807, 2.05) is 19.1 Å². The van der Waals surface area contributed by atoms with Crippen molar-refractivity contribution in [3.8, 4) is 0 Å². The molecule has 0 aliphatic carbocycles. The van der Waals surface area contributed by atoms with Gasteiger partial charge in [0.1, 0.15) is 5.69 Å². The van der Waals surface area contributed by atoms with Crippen LogP contribution in [0.25, 0.3) is 0 Å². The van der Waals surface area contributed by atoms with Crippen LogP contribution in [0.1, 0.15) is 39.2 Å². The fourth-order valence-electron chi connectivity index (χ4n) is 3.08. The minimum absolute atomic E-state index is 0.181. The highest BCUT2D eigenvalue weighted by molar-refractivity contribution is 5.62. The second-order valence-electron chi connectivity index (χ2n) is 6.15. The topological polar surface area (TPSA) is 58.4 Å². The quantitative estimate of drug-likeness (QED) is 0.642. The van der Waals surface area contributed by atoms with E-state index in [9.17, 15) is 10.1 Å². The molecule has 2 unspecified atom stereocenters. The van der Waals surface area contributed by atoms with Crippen molar-refractivity contribution in [1.82, 2.24) is 4.90 Å². The molecule has 1 heterocycles. The molecule has 0 spiro atoms. The van der Waals surface area contributed by atoms with Crippen LogP contribution in [0.2, 0.25) is 0 Å². The largest absolute Gasteiger partial charge is 0.380 e. The van der Waals surface area contributed by atoms with Crippen LogP contribution in [0.5, 0.6) is 0 Å². The number of hydrogen-bond donors (Lipinski definition) is 1. The third-order valence-electron chi connectivity index (χ3n) is 4.12. The van der Waals surface area contributed by atoms with E-state index < -0.39 is 0 Å². The maximum Gasteiger partial charge on any atom is 0.292 e. The molecular weight excluding hydrogens is 266 g/mol. The summed E-state index contributed by atoms with van der Waals surface area (Å²) < 4.78 is 0. The van der Waals surface area contributed by atoms with Gasteiger partial charge in [0.05, 0.1) is 4.92 Å². The molecule has 5 nitrogen and oxygen atoms in total. The molecule has 21 heavy (non-hydrogen) atoms. The number of rotatable bonds is 6. The lowest BCUT2D eigenvalue weighted by Gasteiger charge is -2.21. The standard InChI is InChI=1S/C16H25N3O2/c1-4-7-17-15-6-5-14(9-16(15)19(20)21)11-18-10-12(2)8-13(18)3/h5-6,9,12-13,17H,4,7-8,10-11H2,1-3H3. The Morgan fingerprint density at radius 3 is 2.76 bits per heavy atom. The Labute approximate surface area is 126 Å². The van der Waals surface area contributed by atoms with Gasteiger partial charge in [0, 0.05) is 31.7 Å². The highest BCUT2D eigenvalue weighted by Crippen LogP contribution is 2.29. The molecular formula is C16H25N3O2. The number of nitro groups is 1. The second-order valence-corrected chi connectivity index (χ2v) is 6.15. The van der Waals surface area contributed by atoms with Gasteiger partial charge in [-0.05, 0) is 37.3 Å². The summed E-state index contributed by atoms with van der Waals surface area (Å²) in [4.78, 5) is 13.4. The summed E-state index contributed by atoms with van der Waals surface area (Å²) in [6, 6.07) is 6.11. The SMILES string of the molecule is CCCNc1ccc(CN2CC(C)CC2C)cc1[N+](=O)[O-]. The summed E-state index contributed by atoms with van der Waals surface area (Å²) in [6.45, 7) is 9.15. The molecule has 5 heteroatoms. The fraction of sp³-hybridized carbons (Fsp3) is 0.625. The summed E-state index contributed by atoms with van der Waals surface area (Å²) in [5.41, 5.74) is 1.82. The van der Waals surface area contributed by atoms with Crippen LogP contribution in [0.3, 0.4) is 0 Å². The van der Waals surface area contributed by atoms with Gasteiger partial charge >= 0.3 is 0 Å². The van der Waals surface area contributed by atoms with E-state index in [0.29, 0.717) is 17.6 Å². The molecule has 0 amide bonds. The lowest BCUT2D eigenvalue weighted by atomic mass is 10.1. The van der Waals surface area contributed by atoms with E-state index in [-0.39, 0.29) is 10.6 Å². The van der Waals surface area contributed by atoms with Gasteiger partial charge < -0.3 is 5.32 Å². The zero-order chi connectivity index (χ0) is 15.4. The highest BCUT2D eigenvalue weighted by Gasteiger charge is 2.26. The van der Waals surface area contributed by atoms with Gasteiger partial charge in [-0.25, -0.2) is 0 Å². The van der Waals surface area contributed by atoms with E-state index in [2.05, 4.69) is 24.1 Å². The lowest BCUT2D eigenvalue weighted by Crippen LogP contribution is -2.26. The summed E-state index contributed by atoms with van der Waals surface area (Å²) in [5.74, 6) is 0.709. The molecule has 1 fully saturated rings. The number of likely N-dealkylation sites (tertiary alicyclic amines) is 1. The van der Waals surface area contributed by atoms with E-state index in [1.54, 1.807) is 6.07 Å². The van der Waals surface area contributed by atoms with Crippen LogP contribution < -0.4 is 5.32 Å². The van der Waals surface area contributed by atoms with Crippen LogP contribution >= 0.6 is 0 Å². The second kappa shape index (κ2) is 6.89. The minimum Gasteiger partial charge on any atom is -0.380 e. The van der Waals surface area contributed by atoms with Crippen LogP contribution in [0, 0.1) is 16.0 Å². The molecule has 1 aromatic rings. The van der Waals surface area contributed by atoms with Crippen molar-refractivity contribution in [2.24, 2.45) is 5.92 Å². The predicted molar refractivity (Wildman–Crippen MR) is 85.5 cm³/mol. The number of nitrogens with zero attached hydrogens (tertiary/aromatic N) is 2. The average Bonchev–Trinajstić information content (AvgIpc) is 2.75. The molecule has 1 saturated heterocycles. The van der Waals surface area contributed by atoms with Crippen molar-refractivity contribution in [3.63, 3.8) is 0 Å². The van der Waals surface area contributed by atoms with Crippen molar-refractivity contribution in [1.29, 1.82) is 0 Å². The zero-order valence-corrected chi connectivity index (χ0v) is 13.1. The van der Waals surface area contributed by atoms with E-state index in [1.165, 1.54) is 6.42 Å². The Morgan fingerprint density at radius 1 is 1.43 bits per heavy atom. The molecule has 1 aliphatic rings. The number of benzene rings is 1. The summed E-state index contributed by atoms with van der Waals surface area (Å²) >= 11 is 0. The smallest absolute Gasteiger partial charge is 0.292 e. The first-order chi connectivity index (χ1) is 10.0. The van der Waals surface area contributed by atoms with Gasteiger partial charge in [0.25, 0.3) is 5.69 Å². The molecule has 0 aromatic heterocycles. The van der Waals surface area contributed by atoms with Gasteiger partial charge in [-0.2, -0.15) is 0 Å². The summed E-state index contributed by atoms with van der Waals surface area (Å²) in [7, 11) is 0. The lowest BCUT2D eigenvalue weighted by molar-refractivity contribution is -0.384. The minimum atomic E-state index is -0.294. The maximum atomic E-state index is 11.2. The molecule has 0 radical (unpaired) electrons. The first-order valence-corrected chi connectivity index (χ1v) is 7.76. The van der Waals surface area contributed by atoms with Crippen molar-refractivity contribution < 1.29 is 4.92 Å². The van der Waals surface area contributed by atoms with Gasteiger partial charge in [-0.15, -0.1) is 0 Å². The first kappa shape index (κ1) is 15.8. The van der Waals surface area contributed by atoms with E-state index >= 15 is 0 Å². The van der Waals surface area contributed by atoms with Crippen LogP contribution in [-0.2, 0) is 6.54 Å². The van der Waals surface area contributed by atoms with E-state index in [0.717, 1.165) is 31.6 Å². The van der Waals surface area contributed by atoms with Gasteiger partial charge in [-0.3, -0.25) is 15.0 Å². The summed E-state index contributed by atoms with van der Waals surface area (Å²) in [5, 5.41) is 14.4. The van der Waals surface area contributed by atoms with Crippen LogP contribution in [0.4, 0.5) is 11.4 Å². The molecule has 2 rings (SSSR count). The predicted octanol–water partition coefficient (Wildman–Crippen LogP) is 3.65. The molecule has 1 N–H and O–H groups in total. The molecule has 0 bridgehead atoms. The Kier molecular flexibility index (Phi) is 5.17. The molecule has 1 aromatic carbocycles. The third kappa shape index (κ3) is 3.94. The summed E-state index contributed by atoms with van der Waals surface area (Å²) in [6.07, 6.45) is 2.15. The van der Waals surface area contributed by atoms with Crippen molar-refractivity contribution in [2.75, 3.05) is 18.4 Å². The maximum absolute atomic E-state index is 11.2. The molecule has 116 valence electrons. The van der Waals surface area contributed by atoms with Gasteiger partial charge in [-0.1, -0.05) is 19.9 Å². The molecule has 0 saturated carbocycles. The molecule has 2 atom stereocenters. The number of anilines is 1. The zero-order valence-electron chi connectivity index (χ0n) is 13.1. The average molecular weight is 291 g/mol. The third-order valence-corrected chi connectivity index (χ3v) is 4.12. The first-order valence-electron chi connectivity index (χ1n) is 7.76. The van der Waals surface area contributed by atoms with E-state index in [4.69, 9.17) is 0 Å². The number of hydrogen-bond acceptors (Lipinski definition) is 4. The highest BCUT2D eigenvalue weighted by atomic mass is 16.6. The van der Waals surface area contributed by atoms with Gasteiger partial charge in [0.15, 0.2) is 0 Å². The molecule has 1 aliphatic heterocycles. The monoisotopic (exact) mass is 291 g/mol. The Hall–Kier alpha value is -1.62. The van der Waals surface area contributed by atoms with Crippen LogP contribution in [0.15, 0.2) is 18.2 Å². The van der Waals surface area contributed by atoms with Crippen molar-refractivity contribution in [3.05, 3.63) is 33.9 Å². The Balaban J connectivity index is 2.14. The van der Waals surface area contributed by atoms with Gasteiger partial charge in [0.2, 0.25) is 0 Å². The Bertz CT molecular complexity index is 504. The van der Waals surface area contributed by atoms with Crippen molar-refractivity contribution >= 4 is 11.4 Å².